The van der Waals surface area contributed by atoms with Gasteiger partial charge in [-0.1, -0.05) is 0 Å². The van der Waals surface area contributed by atoms with E-state index in [0.29, 0.717) is 0 Å². The van der Waals surface area contributed by atoms with Gasteiger partial charge < -0.3 is 11.5 Å². The van der Waals surface area contributed by atoms with Crippen LogP contribution in [-0.2, 0) is 4.79 Å². The summed E-state index contributed by atoms with van der Waals surface area (Å²) in [7, 11) is 0. The van der Waals surface area contributed by atoms with Crippen LogP contribution in [0.5, 0.6) is 0 Å². The van der Waals surface area contributed by atoms with Crippen molar-refractivity contribution < 1.29 is 4.79 Å². The van der Waals surface area contributed by atoms with Crippen LogP contribution in [0.15, 0.2) is 24.6 Å². The van der Waals surface area contributed by atoms with Crippen LogP contribution in [0.1, 0.15) is 0 Å². The van der Waals surface area contributed by atoms with Crippen LogP contribution >= 0.6 is 0 Å². The van der Waals surface area contributed by atoms with Gasteiger partial charge >= 0.3 is 0 Å². The fraction of sp³-hybridized carbons (Fsp3) is 0. The summed E-state index contributed by atoms with van der Waals surface area (Å²) in [5, 5.41) is 0. The van der Waals surface area contributed by atoms with Crippen molar-refractivity contribution in [1.29, 1.82) is 0 Å². The summed E-state index contributed by atoms with van der Waals surface area (Å²) in [5.74, 6) is -0.199. The lowest BCUT2D eigenvalue weighted by molar-refractivity contribution is -0.110. The molecule has 0 aliphatic rings. The molecule has 0 aromatic carbocycles. The van der Waals surface area contributed by atoms with Crippen molar-refractivity contribution in [3.63, 3.8) is 0 Å². The van der Waals surface area contributed by atoms with Gasteiger partial charge in [0.25, 0.3) is 0 Å². The summed E-state index contributed by atoms with van der Waals surface area (Å²) in [4.78, 5) is 10.3. The summed E-state index contributed by atoms with van der Waals surface area (Å²) < 4.78 is 0. The minimum atomic E-state index is -0.199. The van der Waals surface area contributed by atoms with Gasteiger partial charge in [-0.3, -0.25) is 4.79 Å². The first-order chi connectivity index (χ1) is 3.81. The Balaban J connectivity index is 3.66. The van der Waals surface area contributed by atoms with E-state index in [9.17, 15) is 4.79 Å². The van der Waals surface area contributed by atoms with Gasteiger partial charge in [-0.25, -0.2) is 0 Å². The third-order valence-electron chi connectivity index (χ3n) is 0.521. The molecule has 0 radical (unpaired) electrons. The predicted molar refractivity (Wildman–Crippen MR) is 31.7 cm³/mol. The van der Waals surface area contributed by atoms with Crippen molar-refractivity contribution in [2.45, 2.75) is 0 Å². The van der Waals surface area contributed by atoms with E-state index in [1.54, 1.807) is 0 Å². The minimum Gasteiger partial charge on any atom is -0.404 e. The van der Waals surface area contributed by atoms with Crippen LogP contribution in [0.25, 0.3) is 0 Å². The Hall–Kier alpha value is -1.25. The Morgan fingerprint density at radius 3 is 1.75 bits per heavy atom. The summed E-state index contributed by atoms with van der Waals surface area (Å²) in [6.07, 6.45) is 4.79. The predicted octanol–water partition coefficient (Wildman–Crippen LogP) is -0.500. The van der Waals surface area contributed by atoms with E-state index >= 15 is 0 Å². The fourth-order valence-corrected chi connectivity index (χ4v) is 0.245. The lowest BCUT2D eigenvalue weighted by Crippen LogP contribution is -1.90. The molecular formula is C5H8N2O. The highest BCUT2D eigenvalue weighted by molar-refractivity contribution is 5.98. The molecule has 0 aliphatic carbocycles. The summed E-state index contributed by atoms with van der Waals surface area (Å²) in [5.41, 5.74) is 9.77. The maximum Gasteiger partial charge on any atom is 0.181 e. The molecule has 0 spiro atoms. The molecule has 0 unspecified atom stereocenters. The standard InChI is InChI=1S/C5H8N2O/c6-3-1-5(8)2-4-7/h1-4H,6-7H2. The topological polar surface area (TPSA) is 69.1 Å². The highest BCUT2D eigenvalue weighted by Gasteiger charge is 1.81. The minimum absolute atomic E-state index is 0.199. The number of nitrogens with two attached hydrogens (primary N) is 2. The van der Waals surface area contributed by atoms with Gasteiger partial charge in [0.2, 0.25) is 0 Å². The van der Waals surface area contributed by atoms with Crippen LogP contribution in [0.2, 0.25) is 0 Å². The van der Waals surface area contributed by atoms with Gasteiger partial charge in [0.05, 0.1) is 0 Å². The monoisotopic (exact) mass is 112 g/mol. The maximum absolute atomic E-state index is 10.3. The van der Waals surface area contributed by atoms with Crippen LogP contribution in [-0.4, -0.2) is 5.78 Å². The Bertz CT molecular complexity index is 112. The number of ketones is 1. The molecule has 8 heavy (non-hydrogen) atoms. The summed E-state index contributed by atoms with van der Waals surface area (Å²) in [6, 6.07) is 0. The largest absolute Gasteiger partial charge is 0.404 e. The smallest absolute Gasteiger partial charge is 0.181 e. The molecule has 0 aliphatic heterocycles. The molecule has 4 N–H and O–H groups in total. The molecule has 0 bridgehead atoms. The Morgan fingerprint density at radius 2 is 1.50 bits per heavy atom. The van der Waals surface area contributed by atoms with Crippen molar-refractivity contribution in [2.75, 3.05) is 0 Å². The molecule has 44 valence electrons. The van der Waals surface area contributed by atoms with Gasteiger partial charge in [0, 0.05) is 12.2 Å². The van der Waals surface area contributed by atoms with Crippen molar-refractivity contribution in [3.05, 3.63) is 24.6 Å². The first-order valence-corrected chi connectivity index (χ1v) is 2.11. The van der Waals surface area contributed by atoms with E-state index in [4.69, 9.17) is 11.5 Å². The zero-order valence-electron chi connectivity index (χ0n) is 4.37. The number of rotatable bonds is 2. The second kappa shape index (κ2) is 3.92. The molecule has 0 aromatic rings. The van der Waals surface area contributed by atoms with Crippen molar-refractivity contribution >= 4 is 5.78 Å². The number of hydrogen-bond acceptors (Lipinski definition) is 3. The summed E-state index contributed by atoms with van der Waals surface area (Å²) in [6.45, 7) is 0. The molecule has 3 nitrogen and oxygen atoms in total. The SMILES string of the molecule is NC=CC(=O)C=CN. The number of carbonyl (C=O) groups excluding carboxylic acids is 1. The number of carbonyl (C=O) groups is 1. The molecule has 0 saturated heterocycles. The highest BCUT2D eigenvalue weighted by Crippen LogP contribution is 1.73. The van der Waals surface area contributed by atoms with Crippen LogP contribution < -0.4 is 11.5 Å². The lowest BCUT2D eigenvalue weighted by Gasteiger charge is -1.75. The molecule has 0 saturated carbocycles. The maximum atomic E-state index is 10.3. The van der Waals surface area contributed by atoms with E-state index in [2.05, 4.69) is 0 Å². The lowest BCUT2D eigenvalue weighted by atomic mass is 10.4. The Morgan fingerprint density at radius 1 is 1.12 bits per heavy atom. The zero-order valence-corrected chi connectivity index (χ0v) is 4.37. The molecule has 0 aromatic heterocycles. The molecule has 0 fully saturated rings. The second-order valence-corrected chi connectivity index (χ2v) is 1.12. The molecule has 0 rings (SSSR count). The fourth-order valence-electron chi connectivity index (χ4n) is 0.245. The normalized spacial score (nSPS) is 11.0. The zero-order chi connectivity index (χ0) is 6.41. The van der Waals surface area contributed by atoms with E-state index in [1.807, 2.05) is 0 Å². The molecule has 0 heterocycles. The molecule has 0 amide bonds. The van der Waals surface area contributed by atoms with Crippen molar-refractivity contribution in [2.24, 2.45) is 11.5 Å². The quantitative estimate of drug-likeness (QED) is 0.473. The van der Waals surface area contributed by atoms with Crippen LogP contribution in [0.3, 0.4) is 0 Å². The third kappa shape index (κ3) is 2.96. The van der Waals surface area contributed by atoms with E-state index in [0.717, 1.165) is 0 Å². The van der Waals surface area contributed by atoms with E-state index in [-0.39, 0.29) is 5.78 Å². The number of allylic oxidation sites excluding steroid dienone is 2. The van der Waals surface area contributed by atoms with Crippen molar-refractivity contribution in [3.8, 4) is 0 Å². The average molecular weight is 112 g/mol. The molecule has 3 heteroatoms. The first-order valence-electron chi connectivity index (χ1n) is 2.11. The van der Waals surface area contributed by atoms with Gasteiger partial charge in [-0.2, -0.15) is 0 Å². The van der Waals surface area contributed by atoms with Gasteiger partial charge in [-0.05, 0) is 12.4 Å². The Kier molecular flexibility index (Phi) is 3.31. The molecule has 0 atom stereocenters. The van der Waals surface area contributed by atoms with Gasteiger partial charge in [0.1, 0.15) is 0 Å². The van der Waals surface area contributed by atoms with Gasteiger partial charge in [0.15, 0.2) is 5.78 Å². The van der Waals surface area contributed by atoms with E-state index < -0.39 is 0 Å². The first kappa shape index (κ1) is 6.75. The van der Waals surface area contributed by atoms with Crippen LogP contribution in [0.4, 0.5) is 0 Å². The molecular weight excluding hydrogens is 104 g/mol. The second-order valence-electron chi connectivity index (χ2n) is 1.12. The summed E-state index contributed by atoms with van der Waals surface area (Å²) >= 11 is 0. The average Bonchev–Trinajstić information content (AvgIpc) is 1.68. The Labute approximate surface area is 47.7 Å². The third-order valence-corrected chi connectivity index (χ3v) is 0.521. The van der Waals surface area contributed by atoms with Gasteiger partial charge in [-0.15, -0.1) is 0 Å². The van der Waals surface area contributed by atoms with Crippen molar-refractivity contribution in [1.82, 2.24) is 0 Å². The highest BCUT2D eigenvalue weighted by atomic mass is 16.1. The number of hydrogen-bond donors (Lipinski definition) is 2. The van der Waals surface area contributed by atoms with E-state index in [1.165, 1.54) is 24.6 Å². The van der Waals surface area contributed by atoms with Crippen LogP contribution in [0, 0.1) is 0 Å².